The predicted molar refractivity (Wildman–Crippen MR) is 81.7 cm³/mol. The smallest absolute Gasteiger partial charge is 0.240 e. The summed E-state index contributed by atoms with van der Waals surface area (Å²) in [6.45, 7) is 0. The Kier molecular flexibility index (Phi) is 4.04. The van der Waals surface area contributed by atoms with E-state index in [0.29, 0.717) is 16.3 Å². The van der Waals surface area contributed by atoms with E-state index < -0.39 is 10.0 Å². The zero-order valence-electron chi connectivity index (χ0n) is 10.7. The number of anilines is 3. The van der Waals surface area contributed by atoms with Crippen molar-refractivity contribution in [2.45, 2.75) is 4.90 Å². The van der Waals surface area contributed by atoms with E-state index in [-0.39, 0.29) is 16.3 Å². The number of nitrogen functional groups attached to an aromatic ring is 1. The number of hydrogen-bond acceptors (Lipinski definition) is 5. The van der Waals surface area contributed by atoms with Gasteiger partial charge in [0.2, 0.25) is 10.0 Å². The van der Waals surface area contributed by atoms with Crippen LogP contribution in [0.15, 0.2) is 41.3 Å². The van der Waals surface area contributed by atoms with Crippen LogP contribution < -0.4 is 16.2 Å². The first-order valence-electron chi connectivity index (χ1n) is 5.70. The first-order chi connectivity index (χ1) is 9.81. The van der Waals surface area contributed by atoms with Gasteiger partial charge < -0.3 is 11.1 Å². The second-order valence-corrected chi connectivity index (χ2v) is 6.19. The Hall–Kier alpha value is -2.27. The van der Waals surface area contributed by atoms with Crippen molar-refractivity contribution >= 4 is 38.7 Å². The second kappa shape index (κ2) is 5.61. The van der Waals surface area contributed by atoms with Crippen LogP contribution in [-0.4, -0.2) is 8.42 Å². The number of nitrogens with zero attached hydrogens (tertiary/aromatic N) is 1. The highest BCUT2D eigenvalue weighted by Gasteiger charge is 2.15. The number of nitrogens with one attached hydrogen (secondary N) is 1. The molecule has 2 aromatic rings. The van der Waals surface area contributed by atoms with Gasteiger partial charge in [0.25, 0.3) is 0 Å². The highest BCUT2D eigenvalue weighted by Crippen LogP contribution is 2.29. The fourth-order valence-corrected chi connectivity index (χ4v) is 2.64. The zero-order chi connectivity index (χ0) is 15.6. The summed E-state index contributed by atoms with van der Waals surface area (Å²) in [6, 6.07) is 10.8. The van der Waals surface area contributed by atoms with Crippen LogP contribution in [0.25, 0.3) is 0 Å². The molecule has 8 heteroatoms. The van der Waals surface area contributed by atoms with E-state index in [2.05, 4.69) is 5.32 Å². The molecule has 0 atom stereocenters. The fourth-order valence-electron chi connectivity index (χ4n) is 1.74. The van der Waals surface area contributed by atoms with Gasteiger partial charge in [-0.3, -0.25) is 0 Å². The third-order valence-corrected chi connectivity index (χ3v) is 3.87. The largest absolute Gasteiger partial charge is 0.399 e. The fraction of sp³-hybridized carbons (Fsp3) is 0. The number of sulfonamides is 1. The SMILES string of the molecule is N#Cc1ccc(Cl)cc1Nc1ccc(N)cc1S(N)(=O)=O. The number of benzene rings is 2. The summed E-state index contributed by atoms with van der Waals surface area (Å²) in [7, 11) is -3.96. The third-order valence-electron chi connectivity index (χ3n) is 2.68. The highest BCUT2D eigenvalue weighted by atomic mass is 35.5. The maximum atomic E-state index is 11.6. The maximum absolute atomic E-state index is 11.6. The average molecular weight is 323 g/mol. The van der Waals surface area contributed by atoms with Gasteiger partial charge in [0.05, 0.1) is 16.9 Å². The first-order valence-corrected chi connectivity index (χ1v) is 7.62. The summed E-state index contributed by atoms with van der Waals surface area (Å²) in [5, 5.41) is 17.5. The van der Waals surface area contributed by atoms with Crippen molar-refractivity contribution in [1.29, 1.82) is 5.26 Å². The van der Waals surface area contributed by atoms with E-state index in [0.717, 1.165) is 0 Å². The van der Waals surface area contributed by atoms with Crippen LogP contribution in [0.1, 0.15) is 5.56 Å². The van der Waals surface area contributed by atoms with Gasteiger partial charge in [-0.05, 0) is 36.4 Å². The molecule has 2 rings (SSSR count). The lowest BCUT2D eigenvalue weighted by Gasteiger charge is -2.13. The van der Waals surface area contributed by atoms with Crippen molar-refractivity contribution < 1.29 is 8.42 Å². The summed E-state index contributed by atoms with van der Waals surface area (Å²) < 4.78 is 23.2. The van der Waals surface area contributed by atoms with E-state index in [1.165, 1.54) is 30.3 Å². The molecule has 0 aliphatic carbocycles. The van der Waals surface area contributed by atoms with Gasteiger partial charge in [-0.2, -0.15) is 5.26 Å². The Morgan fingerprint density at radius 2 is 1.86 bits per heavy atom. The summed E-state index contributed by atoms with van der Waals surface area (Å²) in [5.74, 6) is 0. The zero-order valence-corrected chi connectivity index (χ0v) is 12.2. The number of halogens is 1. The minimum atomic E-state index is -3.96. The standard InChI is InChI=1S/C13H11ClN4O2S/c14-9-2-1-8(7-15)12(5-9)18-11-4-3-10(16)6-13(11)21(17,19)20/h1-6,18H,16H2,(H2,17,19,20). The van der Waals surface area contributed by atoms with Crippen LogP contribution in [-0.2, 0) is 10.0 Å². The average Bonchev–Trinajstić information content (AvgIpc) is 2.40. The number of hydrogen-bond donors (Lipinski definition) is 3. The van der Waals surface area contributed by atoms with E-state index in [4.69, 9.17) is 27.7 Å². The summed E-state index contributed by atoms with van der Waals surface area (Å²) in [6.07, 6.45) is 0. The van der Waals surface area contributed by atoms with Crippen LogP contribution in [0.5, 0.6) is 0 Å². The highest BCUT2D eigenvalue weighted by molar-refractivity contribution is 7.89. The van der Waals surface area contributed by atoms with E-state index in [1.807, 2.05) is 6.07 Å². The molecular formula is C13H11ClN4O2S. The number of nitriles is 1. The van der Waals surface area contributed by atoms with Gasteiger partial charge in [-0.1, -0.05) is 11.6 Å². The van der Waals surface area contributed by atoms with Crippen molar-refractivity contribution in [3.05, 3.63) is 47.0 Å². The van der Waals surface area contributed by atoms with Gasteiger partial charge >= 0.3 is 0 Å². The van der Waals surface area contributed by atoms with Crippen molar-refractivity contribution in [1.82, 2.24) is 0 Å². The Balaban J connectivity index is 2.56. The van der Waals surface area contributed by atoms with E-state index >= 15 is 0 Å². The van der Waals surface area contributed by atoms with Crippen molar-refractivity contribution in [3.63, 3.8) is 0 Å². The number of rotatable bonds is 3. The van der Waals surface area contributed by atoms with Crippen molar-refractivity contribution in [2.75, 3.05) is 11.1 Å². The quantitative estimate of drug-likeness (QED) is 0.747. The van der Waals surface area contributed by atoms with Gasteiger partial charge in [0.15, 0.2) is 0 Å². The van der Waals surface area contributed by atoms with Gasteiger partial charge in [0, 0.05) is 10.7 Å². The van der Waals surface area contributed by atoms with E-state index in [1.54, 1.807) is 6.07 Å². The summed E-state index contributed by atoms with van der Waals surface area (Å²) in [4.78, 5) is -0.161. The van der Waals surface area contributed by atoms with Crippen LogP contribution in [0.2, 0.25) is 5.02 Å². The van der Waals surface area contributed by atoms with E-state index in [9.17, 15) is 8.42 Å². The number of nitrogens with two attached hydrogens (primary N) is 2. The molecular weight excluding hydrogens is 312 g/mol. The molecule has 0 saturated carbocycles. The lowest BCUT2D eigenvalue weighted by atomic mass is 10.2. The normalized spacial score (nSPS) is 10.9. The molecule has 0 heterocycles. The molecule has 2 aromatic carbocycles. The van der Waals surface area contributed by atoms with Crippen LogP contribution in [0, 0.1) is 11.3 Å². The lowest BCUT2D eigenvalue weighted by molar-refractivity contribution is 0.598. The molecule has 0 radical (unpaired) electrons. The van der Waals surface area contributed by atoms with Crippen LogP contribution in [0.4, 0.5) is 17.1 Å². The Morgan fingerprint density at radius 3 is 2.48 bits per heavy atom. The molecule has 0 amide bonds. The molecule has 0 bridgehead atoms. The van der Waals surface area contributed by atoms with Crippen LogP contribution >= 0.6 is 11.6 Å². The second-order valence-electron chi connectivity index (χ2n) is 4.23. The Bertz CT molecular complexity index is 844. The maximum Gasteiger partial charge on any atom is 0.240 e. The van der Waals surface area contributed by atoms with Gasteiger partial charge in [0.1, 0.15) is 11.0 Å². The van der Waals surface area contributed by atoms with Crippen LogP contribution in [0.3, 0.4) is 0 Å². The summed E-state index contributed by atoms with van der Waals surface area (Å²) in [5.41, 5.74) is 6.74. The predicted octanol–water partition coefficient (Wildman–Crippen LogP) is 2.18. The molecule has 0 fully saturated rings. The molecule has 21 heavy (non-hydrogen) atoms. The van der Waals surface area contributed by atoms with Crippen molar-refractivity contribution in [2.24, 2.45) is 5.14 Å². The Labute approximate surface area is 127 Å². The van der Waals surface area contributed by atoms with Gasteiger partial charge in [-0.25, -0.2) is 13.6 Å². The molecule has 5 N–H and O–H groups in total. The molecule has 0 aromatic heterocycles. The molecule has 0 aliphatic heterocycles. The van der Waals surface area contributed by atoms with Crippen molar-refractivity contribution in [3.8, 4) is 6.07 Å². The molecule has 108 valence electrons. The van der Waals surface area contributed by atoms with Gasteiger partial charge in [-0.15, -0.1) is 0 Å². The minimum Gasteiger partial charge on any atom is -0.399 e. The molecule has 0 aliphatic rings. The third kappa shape index (κ3) is 3.44. The Morgan fingerprint density at radius 1 is 1.14 bits per heavy atom. The minimum absolute atomic E-state index is 0.161. The first kappa shape index (κ1) is 15.1. The topological polar surface area (TPSA) is 122 Å². The molecule has 0 spiro atoms. The summed E-state index contributed by atoms with van der Waals surface area (Å²) >= 11 is 5.88. The molecule has 6 nitrogen and oxygen atoms in total. The molecule has 0 unspecified atom stereocenters. The monoisotopic (exact) mass is 322 g/mol. The lowest BCUT2D eigenvalue weighted by Crippen LogP contribution is -2.14. The number of primary sulfonamides is 1. The molecule has 0 saturated heterocycles.